The number of hydrogen-bond donors (Lipinski definition) is 0. The Balaban J connectivity index is 1.72. The van der Waals surface area contributed by atoms with E-state index in [1.807, 2.05) is 19.1 Å². The molecular weight excluding hydrogens is 408 g/mol. The van der Waals surface area contributed by atoms with Gasteiger partial charge in [0.15, 0.2) is 0 Å². The Morgan fingerprint density at radius 3 is 1.50 bits per heavy atom. The SMILES string of the molecule is CCCCc1ccc(C#Cc2ccc(C#Cc3ccc(CCCC)cc3)c(Cl)c2C)cc1. The molecule has 3 aromatic carbocycles. The van der Waals surface area contributed by atoms with E-state index < -0.39 is 0 Å². The predicted octanol–water partition coefficient (Wildman–Crippen LogP) is 8.13. The van der Waals surface area contributed by atoms with Crippen molar-refractivity contribution in [3.05, 3.63) is 105 Å². The average Bonchev–Trinajstić information content (AvgIpc) is 2.83. The maximum absolute atomic E-state index is 6.63. The fourth-order valence-corrected chi connectivity index (χ4v) is 3.68. The molecule has 32 heavy (non-hydrogen) atoms. The maximum atomic E-state index is 6.63. The van der Waals surface area contributed by atoms with Crippen LogP contribution in [0.3, 0.4) is 0 Å². The van der Waals surface area contributed by atoms with E-state index >= 15 is 0 Å². The van der Waals surface area contributed by atoms with Crippen molar-refractivity contribution in [1.29, 1.82) is 0 Å². The number of halogens is 1. The summed E-state index contributed by atoms with van der Waals surface area (Å²) in [5.74, 6) is 13.0. The van der Waals surface area contributed by atoms with E-state index in [1.54, 1.807) is 0 Å². The predicted molar refractivity (Wildman–Crippen MR) is 138 cm³/mol. The Morgan fingerprint density at radius 1 is 0.594 bits per heavy atom. The number of hydrogen-bond acceptors (Lipinski definition) is 0. The first-order valence-electron chi connectivity index (χ1n) is 11.6. The number of unbranched alkanes of at least 4 members (excludes halogenated alkanes) is 2. The van der Waals surface area contributed by atoms with Crippen molar-refractivity contribution < 1.29 is 0 Å². The van der Waals surface area contributed by atoms with Gasteiger partial charge in [0, 0.05) is 22.3 Å². The van der Waals surface area contributed by atoms with E-state index in [2.05, 4.69) is 86.1 Å². The second-order valence-electron chi connectivity index (χ2n) is 8.20. The van der Waals surface area contributed by atoms with E-state index in [9.17, 15) is 0 Å². The van der Waals surface area contributed by atoms with Crippen LogP contribution in [-0.4, -0.2) is 0 Å². The lowest BCUT2D eigenvalue weighted by Gasteiger charge is -2.04. The van der Waals surface area contributed by atoms with E-state index in [0.717, 1.165) is 40.7 Å². The van der Waals surface area contributed by atoms with E-state index in [1.165, 1.54) is 36.8 Å². The van der Waals surface area contributed by atoms with Gasteiger partial charge in [0.25, 0.3) is 0 Å². The summed E-state index contributed by atoms with van der Waals surface area (Å²) >= 11 is 6.63. The van der Waals surface area contributed by atoms with Crippen molar-refractivity contribution >= 4 is 11.6 Å². The standard InChI is InChI=1S/C31H31Cl/c1-4-6-8-25-10-14-27(15-11-25)18-20-29-22-23-30(31(32)24(29)3)21-19-28-16-12-26(13-17-28)9-7-5-2/h10-17,22-23H,4-9H2,1-3H3. The molecule has 3 aromatic rings. The van der Waals surface area contributed by atoms with Crippen LogP contribution in [0.4, 0.5) is 0 Å². The minimum Gasteiger partial charge on any atom is -0.0826 e. The molecular formula is C31H31Cl. The summed E-state index contributed by atoms with van der Waals surface area (Å²) in [6.45, 7) is 6.44. The first-order valence-corrected chi connectivity index (χ1v) is 12.0. The van der Waals surface area contributed by atoms with Crippen LogP contribution < -0.4 is 0 Å². The molecule has 0 spiro atoms. The van der Waals surface area contributed by atoms with Crippen LogP contribution in [0.15, 0.2) is 60.7 Å². The molecule has 0 fully saturated rings. The first-order chi connectivity index (χ1) is 15.6. The molecule has 1 heteroatoms. The molecule has 0 saturated heterocycles. The minimum atomic E-state index is 0.679. The van der Waals surface area contributed by atoms with Crippen LogP contribution >= 0.6 is 11.6 Å². The molecule has 0 N–H and O–H groups in total. The Labute approximate surface area is 199 Å². The van der Waals surface area contributed by atoms with Crippen molar-refractivity contribution in [3.8, 4) is 23.7 Å². The molecule has 0 aromatic heterocycles. The zero-order valence-corrected chi connectivity index (χ0v) is 20.2. The molecule has 0 aliphatic rings. The van der Waals surface area contributed by atoms with Gasteiger partial charge in [-0.25, -0.2) is 0 Å². The van der Waals surface area contributed by atoms with Gasteiger partial charge in [0.2, 0.25) is 0 Å². The van der Waals surface area contributed by atoms with Crippen molar-refractivity contribution in [1.82, 2.24) is 0 Å². The molecule has 162 valence electrons. The summed E-state index contributed by atoms with van der Waals surface area (Å²) in [4.78, 5) is 0. The summed E-state index contributed by atoms with van der Waals surface area (Å²) in [7, 11) is 0. The fraction of sp³-hybridized carbons (Fsp3) is 0.290. The second-order valence-corrected chi connectivity index (χ2v) is 8.58. The Hall–Kier alpha value is -2.93. The zero-order valence-electron chi connectivity index (χ0n) is 19.4. The summed E-state index contributed by atoms with van der Waals surface area (Å²) < 4.78 is 0. The molecule has 0 unspecified atom stereocenters. The third-order valence-corrected chi connectivity index (χ3v) is 6.10. The van der Waals surface area contributed by atoms with Crippen LogP contribution in [0, 0.1) is 30.6 Å². The van der Waals surface area contributed by atoms with Gasteiger partial charge in [-0.3, -0.25) is 0 Å². The van der Waals surface area contributed by atoms with Gasteiger partial charge in [0.1, 0.15) is 0 Å². The lowest BCUT2D eigenvalue weighted by atomic mass is 10.0. The van der Waals surface area contributed by atoms with Crippen molar-refractivity contribution in [2.24, 2.45) is 0 Å². The highest BCUT2D eigenvalue weighted by atomic mass is 35.5. The summed E-state index contributed by atoms with van der Waals surface area (Å²) in [6, 6.07) is 21.0. The van der Waals surface area contributed by atoms with Crippen LogP contribution in [0.25, 0.3) is 0 Å². The van der Waals surface area contributed by atoms with Gasteiger partial charge >= 0.3 is 0 Å². The normalized spacial score (nSPS) is 10.1. The smallest absolute Gasteiger partial charge is 0.0604 e. The van der Waals surface area contributed by atoms with Gasteiger partial charge in [-0.05, 0) is 85.7 Å². The highest BCUT2D eigenvalue weighted by Gasteiger charge is 2.05. The molecule has 0 saturated carbocycles. The fourth-order valence-electron chi connectivity index (χ4n) is 3.47. The first kappa shape index (κ1) is 23.7. The monoisotopic (exact) mass is 438 g/mol. The lowest BCUT2D eigenvalue weighted by molar-refractivity contribution is 0.795. The van der Waals surface area contributed by atoms with E-state index in [-0.39, 0.29) is 0 Å². The van der Waals surface area contributed by atoms with Crippen LogP contribution in [0.1, 0.15) is 78.5 Å². The summed E-state index contributed by atoms with van der Waals surface area (Å²) in [5, 5.41) is 0.679. The number of benzene rings is 3. The van der Waals surface area contributed by atoms with E-state index in [0.29, 0.717) is 5.02 Å². The summed E-state index contributed by atoms with van der Waals surface area (Å²) in [6.07, 6.45) is 7.13. The topological polar surface area (TPSA) is 0 Å². The van der Waals surface area contributed by atoms with Gasteiger partial charge in [-0.2, -0.15) is 0 Å². The van der Waals surface area contributed by atoms with Crippen molar-refractivity contribution in [2.75, 3.05) is 0 Å². The molecule has 0 amide bonds. The Kier molecular flexibility index (Phi) is 9.04. The quantitative estimate of drug-likeness (QED) is 0.340. The highest BCUT2D eigenvalue weighted by Crippen LogP contribution is 2.23. The second kappa shape index (κ2) is 12.2. The van der Waals surface area contributed by atoms with Gasteiger partial charge in [0.05, 0.1) is 5.02 Å². The summed E-state index contributed by atoms with van der Waals surface area (Å²) in [5.41, 5.74) is 7.51. The van der Waals surface area contributed by atoms with Gasteiger partial charge in [-0.1, -0.05) is 86.2 Å². The number of rotatable bonds is 6. The Bertz CT molecular complexity index is 1050. The minimum absolute atomic E-state index is 0.679. The van der Waals surface area contributed by atoms with Gasteiger partial charge in [-0.15, -0.1) is 0 Å². The third kappa shape index (κ3) is 6.79. The van der Waals surface area contributed by atoms with E-state index in [4.69, 9.17) is 11.6 Å². The largest absolute Gasteiger partial charge is 0.0826 e. The highest BCUT2D eigenvalue weighted by molar-refractivity contribution is 6.32. The molecule has 0 atom stereocenters. The average molecular weight is 439 g/mol. The van der Waals surface area contributed by atoms with Crippen molar-refractivity contribution in [2.45, 2.75) is 59.3 Å². The Morgan fingerprint density at radius 2 is 1.03 bits per heavy atom. The van der Waals surface area contributed by atoms with Crippen LogP contribution in [0.5, 0.6) is 0 Å². The maximum Gasteiger partial charge on any atom is 0.0604 e. The van der Waals surface area contributed by atoms with Crippen molar-refractivity contribution in [3.63, 3.8) is 0 Å². The molecule has 0 heterocycles. The molecule has 0 radical (unpaired) electrons. The number of aryl methyl sites for hydroxylation is 2. The lowest BCUT2D eigenvalue weighted by Crippen LogP contribution is -1.89. The molecule has 0 aliphatic carbocycles. The molecule has 3 rings (SSSR count). The van der Waals surface area contributed by atoms with Gasteiger partial charge < -0.3 is 0 Å². The third-order valence-electron chi connectivity index (χ3n) is 5.62. The van der Waals surface area contributed by atoms with Crippen LogP contribution in [-0.2, 0) is 12.8 Å². The molecule has 0 bridgehead atoms. The zero-order chi connectivity index (χ0) is 22.8. The van der Waals surface area contributed by atoms with Crippen LogP contribution in [0.2, 0.25) is 5.02 Å². The molecule has 0 aliphatic heterocycles. The molecule has 0 nitrogen and oxygen atoms in total.